The van der Waals surface area contributed by atoms with Crippen molar-refractivity contribution in [3.8, 4) is 0 Å². The molecule has 1 fully saturated rings. The number of amides is 2. The standard InChI is InChI=1S/C21H22ClFN2O2/c22-18-11-10-16(24-20(26)12-14-6-4-5-9-19(14)23)13-17(18)21(27)25-15-7-2-1-3-8-15/h4-6,9-11,13,15H,1-3,7-8,12H2,(H,24,26)(H,25,27). The third-order valence-electron chi connectivity index (χ3n) is 4.74. The second-order valence-electron chi connectivity index (χ2n) is 6.82. The van der Waals surface area contributed by atoms with Crippen LogP contribution in [0.15, 0.2) is 42.5 Å². The van der Waals surface area contributed by atoms with Gasteiger partial charge in [0.05, 0.1) is 17.0 Å². The van der Waals surface area contributed by atoms with Gasteiger partial charge in [0.25, 0.3) is 5.91 Å². The first-order chi connectivity index (χ1) is 13.0. The van der Waals surface area contributed by atoms with Crippen LogP contribution in [0, 0.1) is 5.82 Å². The van der Waals surface area contributed by atoms with Crippen molar-refractivity contribution in [2.24, 2.45) is 0 Å². The first kappa shape index (κ1) is 19.4. The molecule has 0 atom stereocenters. The molecule has 0 radical (unpaired) electrons. The SMILES string of the molecule is O=C(Cc1ccccc1F)Nc1ccc(Cl)c(C(=O)NC2CCCCC2)c1. The first-order valence-corrected chi connectivity index (χ1v) is 9.54. The number of benzene rings is 2. The Bertz CT molecular complexity index is 835. The van der Waals surface area contributed by atoms with Crippen molar-refractivity contribution in [3.05, 3.63) is 64.4 Å². The van der Waals surface area contributed by atoms with Crippen molar-refractivity contribution in [1.82, 2.24) is 5.32 Å². The van der Waals surface area contributed by atoms with E-state index in [1.54, 1.807) is 36.4 Å². The summed E-state index contributed by atoms with van der Waals surface area (Å²) in [5.74, 6) is -1.02. The molecule has 0 aliphatic heterocycles. The zero-order valence-corrected chi connectivity index (χ0v) is 15.7. The van der Waals surface area contributed by atoms with Gasteiger partial charge in [-0.1, -0.05) is 49.1 Å². The molecule has 4 nitrogen and oxygen atoms in total. The molecule has 1 saturated carbocycles. The number of hydrogen-bond donors (Lipinski definition) is 2. The minimum atomic E-state index is -0.420. The second kappa shape index (κ2) is 9.00. The van der Waals surface area contributed by atoms with E-state index < -0.39 is 5.82 Å². The maximum absolute atomic E-state index is 13.7. The zero-order valence-electron chi connectivity index (χ0n) is 14.9. The molecule has 0 aromatic heterocycles. The van der Waals surface area contributed by atoms with E-state index in [2.05, 4.69) is 10.6 Å². The van der Waals surface area contributed by atoms with E-state index in [1.165, 1.54) is 12.5 Å². The molecule has 0 unspecified atom stereocenters. The minimum absolute atomic E-state index is 0.0844. The van der Waals surface area contributed by atoms with Gasteiger partial charge in [0.15, 0.2) is 0 Å². The third kappa shape index (κ3) is 5.30. The van der Waals surface area contributed by atoms with Gasteiger partial charge in [-0.25, -0.2) is 4.39 Å². The molecule has 2 aromatic rings. The number of carbonyl (C=O) groups is 2. The van der Waals surface area contributed by atoms with E-state index in [1.807, 2.05) is 0 Å². The van der Waals surface area contributed by atoms with Crippen LogP contribution in [0.4, 0.5) is 10.1 Å². The predicted molar refractivity (Wildman–Crippen MR) is 105 cm³/mol. The highest BCUT2D eigenvalue weighted by molar-refractivity contribution is 6.34. The normalized spacial score (nSPS) is 14.6. The van der Waals surface area contributed by atoms with Crippen LogP contribution in [0.2, 0.25) is 5.02 Å². The summed E-state index contributed by atoms with van der Waals surface area (Å²) in [5, 5.41) is 6.05. The molecule has 2 N–H and O–H groups in total. The smallest absolute Gasteiger partial charge is 0.253 e. The molecule has 3 rings (SSSR count). The summed E-state index contributed by atoms with van der Waals surface area (Å²) in [6.45, 7) is 0. The molecule has 142 valence electrons. The molecule has 0 saturated heterocycles. The molecule has 2 amide bonds. The third-order valence-corrected chi connectivity index (χ3v) is 5.07. The van der Waals surface area contributed by atoms with Crippen LogP contribution in [0.25, 0.3) is 0 Å². The lowest BCUT2D eigenvalue weighted by molar-refractivity contribution is -0.115. The fraction of sp³-hybridized carbons (Fsp3) is 0.333. The van der Waals surface area contributed by atoms with Crippen molar-refractivity contribution in [2.45, 2.75) is 44.6 Å². The summed E-state index contributed by atoms with van der Waals surface area (Å²) in [5.41, 5.74) is 1.10. The van der Waals surface area contributed by atoms with Gasteiger partial charge in [-0.15, -0.1) is 0 Å². The van der Waals surface area contributed by atoms with Crippen molar-refractivity contribution in [1.29, 1.82) is 0 Å². The van der Waals surface area contributed by atoms with Crippen molar-refractivity contribution in [2.75, 3.05) is 5.32 Å². The second-order valence-corrected chi connectivity index (χ2v) is 7.23. The number of anilines is 1. The Morgan fingerprint density at radius 2 is 1.81 bits per heavy atom. The Hall–Kier alpha value is -2.40. The van der Waals surface area contributed by atoms with Crippen molar-refractivity contribution in [3.63, 3.8) is 0 Å². The van der Waals surface area contributed by atoms with Crippen molar-refractivity contribution >= 4 is 29.1 Å². The molecule has 0 spiro atoms. The summed E-state index contributed by atoms with van der Waals surface area (Å²) >= 11 is 6.17. The van der Waals surface area contributed by atoms with Crippen molar-refractivity contribution < 1.29 is 14.0 Å². The average molecular weight is 389 g/mol. The maximum Gasteiger partial charge on any atom is 0.253 e. The number of halogens is 2. The van der Waals surface area contributed by atoms with E-state index in [4.69, 9.17) is 11.6 Å². The minimum Gasteiger partial charge on any atom is -0.349 e. The average Bonchev–Trinajstić information content (AvgIpc) is 2.66. The van der Waals surface area contributed by atoms with Crippen LogP contribution < -0.4 is 10.6 Å². The fourth-order valence-corrected chi connectivity index (χ4v) is 3.51. The topological polar surface area (TPSA) is 58.2 Å². The van der Waals surface area contributed by atoms with E-state index in [0.717, 1.165) is 25.7 Å². The highest BCUT2D eigenvalue weighted by atomic mass is 35.5. The van der Waals surface area contributed by atoms with Crippen LogP contribution >= 0.6 is 11.6 Å². The molecule has 0 bridgehead atoms. The molecule has 6 heteroatoms. The van der Waals surface area contributed by atoms with E-state index in [0.29, 0.717) is 21.8 Å². The number of rotatable bonds is 5. The van der Waals surface area contributed by atoms with Gasteiger partial charge in [-0.2, -0.15) is 0 Å². The van der Waals surface area contributed by atoms with Crippen LogP contribution in [0.5, 0.6) is 0 Å². The van der Waals surface area contributed by atoms with E-state index in [9.17, 15) is 14.0 Å². The van der Waals surface area contributed by atoms with Gasteiger partial charge >= 0.3 is 0 Å². The Morgan fingerprint density at radius 3 is 2.56 bits per heavy atom. The number of nitrogens with one attached hydrogen (secondary N) is 2. The summed E-state index contributed by atoms with van der Waals surface area (Å²) in [4.78, 5) is 24.8. The van der Waals surface area contributed by atoms with Gasteiger partial charge in [-0.05, 0) is 42.7 Å². The lowest BCUT2D eigenvalue weighted by Crippen LogP contribution is -2.36. The molecule has 1 aliphatic carbocycles. The molecule has 27 heavy (non-hydrogen) atoms. The lowest BCUT2D eigenvalue weighted by Gasteiger charge is -2.23. The van der Waals surface area contributed by atoms with Crippen LogP contribution in [0.3, 0.4) is 0 Å². The highest BCUT2D eigenvalue weighted by Crippen LogP contribution is 2.23. The van der Waals surface area contributed by atoms with Gasteiger partial charge in [0, 0.05) is 11.7 Å². The highest BCUT2D eigenvalue weighted by Gasteiger charge is 2.19. The van der Waals surface area contributed by atoms with Crippen LogP contribution in [-0.2, 0) is 11.2 Å². The molecular formula is C21H22ClFN2O2. The Morgan fingerprint density at radius 1 is 1.07 bits per heavy atom. The lowest BCUT2D eigenvalue weighted by atomic mass is 9.95. The molecule has 1 aliphatic rings. The molecule has 0 heterocycles. The van der Waals surface area contributed by atoms with Gasteiger partial charge in [0.2, 0.25) is 5.91 Å². The van der Waals surface area contributed by atoms with Crippen LogP contribution in [0.1, 0.15) is 48.0 Å². The number of carbonyl (C=O) groups excluding carboxylic acids is 2. The monoisotopic (exact) mass is 388 g/mol. The van der Waals surface area contributed by atoms with Gasteiger partial charge in [-0.3, -0.25) is 9.59 Å². The summed E-state index contributed by atoms with van der Waals surface area (Å²) in [7, 11) is 0. The molecular weight excluding hydrogens is 367 g/mol. The first-order valence-electron chi connectivity index (χ1n) is 9.16. The molecule has 2 aromatic carbocycles. The Balaban J connectivity index is 1.66. The Labute approximate surface area is 163 Å². The largest absolute Gasteiger partial charge is 0.349 e. The summed E-state index contributed by atoms with van der Waals surface area (Å²) < 4.78 is 13.7. The zero-order chi connectivity index (χ0) is 19.2. The summed E-state index contributed by atoms with van der Waals surface area (Å²) in [6.07, 6.45) is 5.30. The maximum atomic E-state index is 13.7. The van der Waals surface area contributed by atoms with Gasteiger partial charge < -0.3 is 10.6 Å². The summed E-state index contributed by atoms with van der Waals surface area (Å²) in [6, 6.07) is 11.1. The Kier molecular flexibility index (Phi) is 6.45. The predicted octanol–water partition coefficient (Wildman–Crippen LogP) is 4.72. The van der Waals surface area contributed by atoms with Crippen LogP contribution in [-0.4, -0.2) is 17.9 Å². The van der Waals surface area contributed by atoms with E-state index >= 15 is 0 Å². The number of hydrogen-bond acceptors (Lipinski definition) is 2. The van der Waals surface area contributed by atoms with E-state index in [-0.39, 0.29) is 24.3 Å². The van der Waals surface area contributed by atoms with Gasteiger partial charge in [0.1, 0.15) is 5.82 Å². The fourth-order valence-electron chi connectivity index (χ4n) is 3.31. The quantitative estimate of drug-likeness (QED) is 0.778.